The van der Waals surface area contributed by atoms with Gasteiger partial charge in [-0.1, -0.05) is 36.4 Å². The average Bonchev–Trinajstić information content (AvgIpc) is 3.31. The fraction of sp³-hybridized carbons (Fsp3) is 0.250. The highest BCUT2D eigenvalue weighted by atomic mass is 16.5. The SMILES string of the molecule is COc1cccc(N2CCN([C@H](C(=O)O)c3c[nH]c4cc(OCc5ccccc5)ccc34)CC2)c1. The molecule has 2 heterocycles. The van der Waals surface area contributed by atoms with Crippen molar-refractivity contribution >= 4 is 22.6 Å². The number of nitrogens with zero attached hydrogens (tertiary/aromatic N) is 2. The van der Waals surface area contributed by atoms with Gasteiger partial charge in [-0.25, -0.2) is 0 Å². The lowest BCUT2D eigenvalue weighted by Gasteiger charge is -2.38. The molecule has 0 radical (unpaired) electrons. The van der Waals surface area contributed by atoms with Crippen LogP contribution in [0.2, 0.25) is 0 Å². The van der Waals surface area contributed by atoms with Crippen LogP contribution < -0.4 is 14.4 Å². The van der Waals surface area contributed by atoms with E-state index < -0.39 is 12.0 Å². The van der Waals surface area contributed by atoms with Crippen LogP contribution in [-0.2, 0) is 11.4 Å². The Labute approximate surface area is 204 Å². The van der Waals surface area contributed by atoms with E-state index in [1.165, 1.54) is 0 Å². The number of carboxylic acid groups (broad SMARTS) is 1. The lowest BCUT2D eigenvalue weighted by Crippen LogP contribution is -2.49. The maximum Gasteiger partial charge on any atom is 0.325 e. The number of piperazine rings is 1. The van der Waals surface area contributed by atoms with E-state index in [-0.39, 0.29) is 0 Å². The summed E-state index contributed by atoms with van der Waals surface area (Å²) >= 11 is 0. The molecule has 0 unspecified atom stereocenters. The number of rotatable bonds is 8. The number of nitrogens with one attached hydrogen (secondary N) is 1. The van der Waals surface area contributed by atoms with E-state index in [1.54, 1.807) is 7.11 Å². The van der Waals surface area contributed by atoms with Crippen molar-refractivity contribution in [2.24, 2.45) is 0 Å². The van der Waals surface area contributed by atoms with Gasteiger partial charge in [-0.15, -0.1) is 0 Å². The van der Waals surface area contributed by atoms with Crippen molar-refractivity contribution < 1.29 is 19.4 Å². The molecule has 7 nitrogen and oxygen atoms in total. The molecule has 0 amide bonds. The van der Waals surface area contributed by atoms with E-state index >= 15 is 0 Å². The molecule has 7 heteroatoms. The zero-order valence-electron chi connectivity index (χ0n) is 19.7. The molecule has 1 fully saturated rings. The predicted octanol–water partition coefficient (Wildman–Crippen LogP) is 4.70. The summed E-state index contributed by atoms with van der Waals surface area (Å²) in [6, 6.07) is 23.1. The Balaban J connectivity index is 1.30. The van der Waals surface area contributed by atoms with Gasteiger partial charge < -0.3 is 24.5 Å². The van der Waals surface area contributed by atoms with Crippen LogP contribution in [0.1, 0.15) is 17.2 Å². The van der Waals surface area contributed by atoms with Gasteiger partial charge in [0.2, 0.25) is 0 Å². The first-order chi connectivity index (χ1) is 17.1. The smallest absolute Gasteiger partial charge is 0.325 e. The van der Waals surface area contributed by atoms with Crippen molar-refractivity contribution in [1.82, 2.24) is 9.88 Å². The summed E-state index contributed by atoms with van der Waals surface area (Å²) < 4.78 is 11.3. The number of ether oxygens (including phenoxy) is 2. The fourth-order valence-electron chi connectivity index (χ4n) is 4.72. The van der Waals surface area contributed by atoms with Gasteiger partial charge in [0.25, 0.3) is 0 Å². The molecule has 1 saturated heterocycles. The van der Waals surface area contributed by atoms with Gasteiger partial charge in [0.15, 0.2) is 0 Å². The highest BCUT2D eigenvalue weighted by Gasteiger charge is 2.32. The third-order valence-corrected chi connectivity index (χ3v) is 6.56. The second-order valence-corrected chi connectivity index (χ2v) is 8.69. The molecule has 0 saturated carbocycles. The van der Waals surface area contributed by atoms with E-state index in [9.17, 15) is 9.90 Å². The zero-order valence-corrected chi connectivity index (χ0v) is 19.7. The molecular weight excluding hydrogens is 442 g/mol. The first-order valence-corrected chi connectivity index (χ1v) is 11.8. The second kappa shape index (κ2) is 10.1. The summed E-state index contributed by atoms with van der Waals surface area (Å²) in [6.45, 7) is 3.28. The van der Waals surface area contributed by atoms with Crippen LogP contribution in [0, 0.1) is 0 Å². The second-order valence-electron chi connectivity index (χ2n) is 8.69. The summed E-state index contributed by atoms with van der Waals surface area (Å²) in [6.07, 6.45) is 1.82. The van der Waals surface area contributed by atoms with Crippen molar-refractivity contribution in [3.05, 3.63) is 90.1 Å². The number of H-pyrrole nitrogens is 1. The average molecular weight is 472 g/mol. The van der Waals surface area contributed by atoms with E-state index in [2.05, 4.69) is 16.0 Å². The lowest BCUT2D eigenvalue weighted by molar-refractivity contribution is -0.143. The predicted molar refractivity (Wildman–Crippen MR) is 136 cm³/mol. The van der Waals surface area contributed by atoms with Crippen LogP contribution in [0.25, 0.3) is 10.9 Å². The number of aliphatic carboxylic acids is 1. The Morgan fingerprint density at radius 2 is 1.77 bits per heavy atom. The molecule has 180 valence electrons. The molecule has 1 aromatic heterocycles. The molecule has 5 rings (SSSR count). The maximum atomic E-state index is 12.4. The van der Waals surface area contributed by atoms with Crippen LogP contribution in [0.3, 0.4) is 0 Å². The minimum atomic E-state index is -0.842. The van der Waals surface area contributed by atoms with Crippen molar-refractivity contribution in [2.45, 2.75) is 12.6 Å². The molecule has 0 aliphatic carbocycles. The molecule has 1 atom stereocenters. The summed E-state index contributed by atoms with van der Waals surface area (Å²) in [7, 11) is 1.66. The third kappa shape index (κ3) is 4.95. The van der Waals surface area contributed by atoms with Crippen LogP contribution in [0.15, 0.2) is 79.0 Å². The van der Waals surface area contributed by atoms with Gasteiger partial charge in [0.1, 0.15) is 24.1 Å². The van der Waals surface area contributed by atoms with Gasteiger partial charge in [0.05, 0.1) is 7.11 Å². The fourth-order valence-corrected chi connectivity index (χ4v) is 4.72. The Bertz CT molecular complexity index is 1300. The first kappa shape index (κ1) is 22.8. The van der Waals surface area contributed by atoms with Crippen molar-refractivity contribution in [1.29, 1.82) is 0 Å². The lowest BCUT2D eigenvalue weighted by atomic mass is 10.0. The van der Waals surface area contributed by atoms with E-state index in [1.807, 2.05) is 77.8 Å². The summed E-state index contributed by atoms with van der Waals surface area (Å²) in [5.74, 6) is 0.720. The number of aromatic amines is 1. The van der Waals surface area contributed by atoms with Crippen molar-refractivity contribution in [2.75, 3.05) is 38.2 Å². The molecule has 4 aromatic rings. The minimum Gasteiger partial charge on any atom is -0.497 e. The van der Waals surface area contributed by atoms with Crippen LogP contribution in [-0.4, -0.2) is 54.2 Å². The van der Waals surface area contributed by atoms with Crippen molar-refractivity contribution in [3.63, 3.8) is 0 Å². The summed E-state index contributed by atoms with van der Waals surface area (Å²) in [4.78, 5) is 20.0. The van der Waals surface area contributed by atoms with E-state index in [0.717, 1.165) is 52.3 Å². The Morgan fingerprint density at radius 3 is 2.51 bits per heavy atom. The Hall–Kier alpha value is -3.97. The van der Waals surface area contributed by atoms with Gasteiger partial charge >= 0.3 is 5.97 Å². The molecular formula is C28H29N3O4. The Morgan fingerprint density at radius 1 is 0.971 bits per heavy atom. The third-order valence-electron chi connectivity index (χ3n) is 6.56. The summed E-state index contributed by atoms with van der Waals surface area (Å²) in [5.41, 5.74) is 3.83. The van der Waals surface area contributed by atoms with E-state index in [4.69, 9.17) is 9.47 Å². The number of aromatic nitrogens is 1. The van der Waals surface area contributed by atoms with Gasteiger partial charge in [-0.05, 0) is 29.8 Å². The molecule has 0 bridgehead atoms. The standard InChI is InChI=1S/C28H29N3O4/c1-34-22-9-5-8-21(16-22)30-12-14-31(15-13-30)27(28(32)33)25-18-29-26-17-23(10-11-24(25)26)35-19-20-6-3-2-4-7-20/h2-11,16-18,27,29H,12-15,19H2,1H3,(H,32,33)/t27-/m0/s1. The van der Waals surface area contributed by atoms with Crippen LogP contribution in [0.5, 0.6) is 11.5 Å². The van der Waals surface area contributed by atoms with Gasteiger partial charge in [0, 0.05) is 66.7 Å². The number of carboxylic acids is 1. The zero-order chi connectivity index (χ0) is 24.2. The number of hydrogen-bond acceptors (Lipinski definition) is 5. The number of carbonyl (C=O) groups is 1. The normalized spacial score (nSPS) is 15.2. The topological polar surface area (TPSA) is 78.0 Å². The monoisotopic (exact) mass is 471 g/mol. The quantitative estimate of drug-likeness (QED) is 0.388. The van der Waals surface area contributed by atoms with Crippen LogP contribution >= 0.6 is 0 Å². The highest BCUT2D eigenvalue weighted by Crippen LogP contribution is 2.32. The number of methoxy groups -OCH3 is 1. The van der Waals surface area contributed by atoms with E-state index in [0.29, 0.717) is 19.7 Å². The van der Waals surface area contributed by atoms with Crippen molar-refractivity contribution in [3.8, 4) is 11.5 Å². The molecule has 0 spiro atoms. The highest BCUT2D eigenvalue weighted by molar-refractivity contribution is 5.90. The number of benzene rings is 3. The Kier molecular flexibility index (Phi) is 6.59. The molecule has 35 heavy (non-hydrogen) atoms. The number of hydrogen-bond donors (Lipinski definition) is 2. The number of fused-ring (bicyclic) bond motifs is 1. The largest absolute Gasteiger partial charge is 0.497 e. The minimum absolute atomic E-state index is 0.481. The van der Waals surface area contributed by atoms with Gasteiger partial charge in [-0.2, -0.15) is 0 Å². The maximum absolute atomic E-state index is 12.4. The van der Waals surface area contributed by atoms with Gasteiger partial charge in [-0.3, -0.25) is 9.69 Å². The molecule has 3 aromatic carbocycles. The molecule has 2 N–H and O–H groups in total. The van der Waals surface area contributed by atoms with Crippen LogP contribution in [0.4, 0.5) is 5.69 Å². The number of anilines is 1. The molecule has 1 aliphatic rings. The summed E-state index contributed by atoms with van der Waals surface area (Å²) in [5, 5.41) is 11.1. The molecule has 1 aliphatic heterocycles. The first-order valence-electron chi connectivity index (χ1n) is 11.8.